The molecular formula is C20H15N3O5S. The molecular weight excluding hydrogens is 394 g/mol. The van der Waals surface area contributed by atoms with Crippen LogP contribution in [0.4, 0.5) is 5.69 Å². The van der Waals surface area contributed by atoms with Crippen LogP contribution in [0.2, 0.25) is 0 Å². The molecule has 0 bridgehead atoms. The number of benzene rings is 2. The minimum absolute atomic E-state index is 0.100. The van der Waals surface area contributed by atoms with Crippen LogP contribution in [0.3, 0.4) is 0 Å². The lowest BCUT2D eigenvalue weighted by molar-refractivity contribution is -0.113. The van der Waals surface area contributed by atoms with Gasteiger partial charge in [0.1, 0.15) is 11.3 Å². The number of rotatable bonds is 7. The molecule has 2 aromatic heterocycles. The molecule has 0 saturated heterocycles. The summed E-state index contributed by atoms with van der Waals surface area (Å²) in [7, 11) is 0. The van der Waals surface area contributed by atoms with Gasteiger partial charge in [0.25, 0.3) is 11.1 Å². The highest BCUT2D eigenvalue weighted by Gasteiger charge is 2.11. The molecule has 0 atom stereocenters. The highest BCUT2D eigenvalue weighted by Crippen LogP contribution is 2.20. The van der Waals surface area contributed by atoms with E-state index < -0.39 is 5.63 Å². The van der Waals surface area contributed by atoms with Crippen LogP contribution in [0.25, 0.3) is 11.0 Å². The summed E-state index contributed by atoms with van der Waals surface area (Å²) in [6.07, 6.45) is 0. The predicted octanol–water partition coefficient (Wildman–Crippen LogP) is 3.49. The molecule has 4 aromatic rings. The molecule has 0 aliphatic rings. The van der Waals surface area contributed by atoms with Gasteiger partial charge in [0.15, 0.2) is 6.61 Å². The Hall–Kier alpha value is -3.59. The van der Waals surface area contributed by atoms with Crippen molar-refractivity contribution in [2.75, 3.05) is 11.1 Å². The van der Waals surface area contributed by atoms with Crippen LogP contribution in [0, 0.1) is 0 Å². The zero-order valence-electron chi connectivity index (χ0n) is 15.0. The Morgan fingerprint density at radius 1 is 1.03 bits per heavy atom. The van der Waals surface area contributed by atoms with Crippen LogP contribution in [0.15, 0.2) is 79.5 Å². The second-order valence-electron chi connectivity index (χ2n) is 5.91. The summed E-state index contributed by atoms with van der Waals surface area (Å²) in [4.78, 5) is 23.4. The molecule has 0 aliphatic heterocycles. The van der Waals surface area contributed by atoms with Crippen molar-refractivity contribution in [3.05, 3.63) is 77.0 Å². The van der Waals surface area contributed by atoms with Gasteiger partial charge in [-0.1, -0.05) is 30.0 Å². The number of aromatic nitrogens is 2. The van der Waals surface area contributed by atoms with E-state index in [1.165, 1.54) is 6.07 Å². The molecule has 8 nitrogen and oxygen atoms in total. The largest absolute Gasteiger partial charge is 0.484 e. The number of hydrogen-bond donors (Lipinski definition) is 1. The topological polar surface area (TPSA) is 107 Å². The summed E-state index contributed by atoms with van der Waals surface area (Å²) in [5.41, 5.74) is 0.638. The van der Waals surface area contributed by atoms with E-state index in [1.54, 1.807) is 24.3 Å². The first kappa shape index (κ1) is 18.8. The third-order valence-corrected chi connectivity index (χ3v) is 4.60. The number of anilines is 1. The van der Waals surface area contributed by atoms with Gasteiger partial charge in [-0.2, -0.15) is 0 Å². The van der Waals surface area contributed by atoms with E-state index >= 15 is 0 Å². The average molecular weight is 409 g/mol. The lowest BCUT2D eigenvalue weighted by Gasteiger charge is -2.05. The van der Waals surface area contributed by atoms with Crippen molar-refractivity contribution in [1.29, 1.82) is 0 Å². The summed E-state index contributed by atoms with van der Waals surface area (Å²) in [5, 5.41) is 11.6. The number of amides is 1. The van der Waals surface area contributed by atoms with E-state index in [-0.39, 0.29) is 23.5 Å². The van der Waals surface area contributed by atoms with Gasteiger partial charge in [-0.25, -0.2) is 4.79 Å². The maximum atomic E-state index is 12.2. The fraction of sp³-hybridized carbons (Fsp3) is 0.100. The molecule has 0 spiro atoms. The first-order chi connectivity index (χ1) is 14.2. The van der Waals surface area contributed by atoms with E-state index in [9.17, 15) is 9.59 Å². The fourth-order valence-corrected chi connectivity index (χ4v) is 3.07. The predicted molar refractivity (Wildman–Crippen MR) is 107 cm³/mol. The van der Waals surface area contributed by atoms with E-state index in [4.69, 9.17) is 13.6 Å². The number of hydrogen-bond acceptors (Lipinski definition) is 8. The van der Waals surface area contributed by atoms with E-state index in [1.807, 2.05) is 30.3 Å². The lowest BCUT2D eigenvalue weighted by Crippen LogP contribution is -2.14. The van der Waals surface area contributed by atoms with Crippen molar-refractivity contribution in [1.82, 2.24) is 10.2 Å². The molecule has 4 rings (SSSR count). The van der Waals surface area contributed by atoms with E-state index in [0.29, 0.717) is 22.9 Å². The number of nitrogens with one attached hydrogen (secondary N) is 1. The molecule has 0 radical (unpaired) electrons. The molecule has 146 valence electrons. The maximum Gasteiger partial charge on any atom is 0.336 e. The van der Waals surface area contributed by atoms with Crippen LogP contribution < -0.4 is 15.7 Å². The smallest absolute Gasteiger partial charge is 0.336 e. The van der Waals surface area contributed by atoms with Crippen LogP contribution in [-0.4, -0.2) is 21.9 Å². The minimum Gasteiger partial charge on any atom is -0.484 e. The summed E-state index contributed by atoms with van der Waals surface area (Å²) < 4.78 is 16.1. The zero-order chi connectivity index (χ0) is 20.1. The second kappa shape index (κ2) is 8.61. The van der Waals surface area contributed by atoms with Crippen LogP contribution in [-0.2, 0) is 11.4 Å². The number of carbonyl (C=O) groups excluding carboxylic acids is 1. The van der Waals surface area contributed by atoms with E-state index in [0.717, 1.165) is 17.1 Å². The third kappa shape index (κ3) is 5.02. The van der Waals surface area contributed by atoms with Gasteiger partial charge in [-0.3, -0.25) is 4.79 Å². The maximum absolute atomic E-state index is 12.2. The van der Waals surface area contributed by atoms with Gasteiger partial charge in [0.05, 0.1) is 5.75 Å². The molecule has 29 heavy (non-hydrogen) atoms. The normalized spacial score (nSPS) is 10.8. The molecule has 2 heterocycles. The van der Waals surface area contributed by atoms with Gasteiger partial charge < -0.3 is 18.9 Å². The average Bonchev–Trinajstić information content (AvgIpc) is 3.20. The second-order valence-corrected chi connectivity index (χ2v) is 6.83. The van der Waals surface area contributed by atoms with Gasteiger partial charge >= 0.3 is 5.63 Å². The molecule has 9 heteroatoms. The first-order valence-corrected chi connectivity index (χ1v) is 9.61. The summed E-state index contributed by atoms with van der Waals surface area (Å²) in [6, 6.07) is 17.3. The number of thioether (sulfide) groups is 1. The van der Waals surface area contributed by atoms with Gasteiger partial charge in [0.2, 0.25) is 5.91 Å². The number of ether oxygens (including phenoxy) is 1. The van der Waals surface area contributed by atoms with Crippen molar-refractivity contribution in [3.8, 4) is 5.75 Å². The molecule has 1 N–H and O–H groups in total. The number of para-hydroxylation sites is 1. The monoisotopic (exact) mass is 409 g/mol. The number of nitrogens with zero attached hydrogens (tertiary/aromatic N) is 2. The molecule has 0 fully saturated rings. The Bertz CT molecular complexity index is 1190. The quantitative estimate of drug-likeness (QED) is 0.365. The van der Waals surface area contributed by atoms with Gasteiger partial charge in [-0.05, 0) is 36.4 Å². The van der Waals surface area contributed by atoms with Crippen molar-refractivity contribution in [3.63, 3.8) is 0 Å². The first-order valence-electron chi connectivity index (χ1n) is 8.62. The highest BCUT2D eigenvalue weighted by atomic mass is 32.2. The Balaban J connectivity index is 1.29. The summed E-state index contributed by atoms with van der Waals surface area (Å²) >= 11 is 1.13. The Morgan fingerprint density at radius 2 is 1.90 bits per heavy atom. The molecule has 0 unspecified atom stereocenters. The highest BCUT2D eigenvalue weighted by molar-refractivity contribution is 7.99. The fourth-order valence-electron chi connectivity index (χ4n) is 2.49. The van der Waals surface area contributed by atoms with Crippen molar-refractivity contribution in [2.45, 2.75) is 11.8 Å². The van der Waals surface area contributed by atoms with E-state index in [2.05, 4.69) is 15.5 Å². The Morgan fingerprint density at radius 3 is 2.76 bits per heavy atom. The minimum atomic E-state index is -0.418. The van der Waals surface area contributed by atoms with Gasteiger partial charge in [0, 0.05) is 17.1 Å². The Labute approximate surface area is 168 Å². The van der Waals surface area contributed by atoms with Crippen molar-refractivity contribution in [2.24, 2.45) is 0 Å². The zero-order valence-corrected chi connectivity index (χ0v) is 15.8. The molecule has 1 amide bonds. The van der Waals surface area contributed by atoms with Gasteiger partial charge in [-0.15, -0.1) is 10.2 Å². The molecule has 2 aromatic carbocycles. The third-order valence-electron chi connectivity index (χ3n) is 3.78. The number of carbonyl (C=O) groups is 1. The molecule has 0 saturated carbocycles. The summed E-state index contributed by atoms with van der Waals surface area (Å²) in [5.74, 6) is 0.900. The lowest BCUT2D eigenvalue weighted by atomic mass is 10.2. The van der Waals surface area contributed by atoms with Crippen molar-refractivity contribution < 1.29 is 18.4 Å². The van der Waals surface area contributed by atoms with Crippen LogP contribution in [0.5, 0.6) is 5.75 Å². The van der Waals surface area contributed by atoms with Crippen LogP contribution in [0.1, 0.15) is 5.89 Å². The number of fused-ring (bicyclic) bond motifs is 1. The standard InChI is InChI=1S/C20H15N3O5S/c24-17(21-14-7-8-16-13(10-14)6-9-19(25)27-16)12-29-20-23-22-18(28-20)11-26-15-4-2-1-3-5-15/h1-10H,11-12H2,(H,21,24). The summed E-state index contributed by atoms with van der Waals surface area (Å²) in [6.45, 7) is 0.150. The SMILES string of the molecule is O=C(CSc1nnc(COc2ccccc2)o1)Nc1ccc2oc(=O)ccc2c1. The Kier molecular flexibility index (Phi) is 5.57. The van der Waals surface area contributed by atoms with Crippen LogP contribution >= 0.6 is 11.8 Å². The van der Waals surface area contributed by atoms with Crippen molar-refractivity contribution >= 4 is 34.3 Å². The molecule has 0 aliphatic carbocycles.